The summed E-state index contributed by atoms with van der Waals surface area (Å²) in [6.07, 6.45) is -4.70. The van der Waals surface area contributed by atoms with Gasteiger partial charge in [0.25, 0.3) is 0 Å². The van der Waals surface area contributed by atoms with Crippen LogP contribution in [0.5, 0.6) is 0 Å². The molecule has 0 spiro atoms. The van der Waals surface area contributed by atoms with E-state index in [4.69, 9.17) is 20.7 Å². The Hall–Kier alpha value is -2.09. The van der Waals surface area contributed by atoms with Crippen LogP contribution in [-0.2, 0) is 16.0 Å². The predicted octanol–water partition coefficient (Wildman–Crippen LogP) is 1.27. The van der Waals surface area contributed by atoms with Crippen LogP contribution in [-0.4, -0.2) is 34.4 Å². The SMILES string of the molecule is N[C@@H](Cc1ccccc1)C(=O)O.O=C(O)C(F)(F)F. The van der Waals surface area contributed by atoms with E-state index in [0.717, 1.165) is 5.56 Å². The van der Waals surface area contributed by atoms with Gasteiger partial charge in [-0.3, -0.25) is 4.79 Å². The number of carbonyl (C=O) groups is 2. The third-order valence-electron chi connectivity index (χ3n) is 1.86. The van der Waals surface area contributed by atoms with E-state index in [9.17, 15) is 18.0 Å². The second-order valence-electron chi connectivity index (χ2n) is 3.44. The molecule has 0 aliphatic rings. The molecule has 0 radical (unpaired) electrons. The maximum absolute atomic E-state index is 10.6. The fraction of sp³-hybridized carbons (Fsp3) is 0.273. The van der Waals surface area contributed by atoms with Crippen molar-refractivity contribution >= 4 is 11.9 Å². The second kappa shape index (κ2) is 7.37. The first-order chi connectivity index (χ1) is 8.64. The molecule has 8 heteroatoms. The van der Waals surface area contributed by atoms with E-state index in [1.807, 2.05) is 30.3 Å². The second-order valence-corrected chi connectivity index (χ2v) is 3.44. The lowest BCUT2D eigenvalue weighted by atomic mass is 10.1. The van der Waals surface area contributed by atoms with E-state index in [2.05, 4.69) is 0 Å². The minimum atomic E-state index is -5.08. The van der Waals surface area contributed by atoms with Gasteiger partial charge in [-0.15, -0.1) is 0 Å². The fourth-order valence-electron chi connectivity index (χ4n) is 0.955. The van der Waals surface area contributed by atoms with Crippen molar-refractivity contribution in [2.75, 3.05) is 0 Å². The summed E-state index contributed by atoms with van der Waals surface area (Å²) in [5.41, 5.74) is 6.30. The summed E-state index contributed by atoms with van der Waals surface area (Å²) < 4.78 is 31.7. The van der Waals surface area contributed by atoms with Gasteiger partial charge in [0.2, 0.25) is 0 Å². The van der Waals surface area contributed by atoms with E-state index in [1.54, 1.807) is 0 Å². The van der Waals surface area contributed by atoms with Gasteiger partial charge < -0.3 is 15.9 Å². The first-order valence-electron chi connectivity index (χ1n) is 4.97. The topological polar surface area (TPSA) is 101 Å². The molecule has 0 unspecified atom stereocenters. The minimum absolute atomic E-state index is 0.385. The Morgan fingerprint density at radius 2 is 1.58 bits per heavy atom. The Labute approximate surface area is 106 Å². The van der Waals surface area contributed by atoms with Crippen molar-refractivity contribution in [1.29, 1.82) is 0 Å². The molecule has 4 N–H and O–H groups in total. The van der Waals surface area contributed by atoms with Gasteiger partial charge in [0.15, 0.2) is 0 Å². The van der Waals surface area contributed by atoms with Crippen LogP contribution < -0.4 is 5.73 Å². The zero-order valence-electron chi connectivity index (χ0n) is 9.59. The molecule has 0 aliphatic heterocycles. The summed E-state index contributed by atoms with van der Waals surface area (Å²) in [4.78, 5) is 19.3. The number of alkyl halides is 3. The quantitative estimate of drug-likeness (QED) is 0.773. The van der Waals surface area contributed by atoms with Gasteiger partial charge in [0, 0.05) is 0 Å². The third-order valence-corrected chi connectivity index (χ3v) is 1.86. The van der Waals surface area contributed by atoms with Crippen LogP contribution in [0.3, 0.4) is 0 Å². The molecular weight excluding hydrogens is 267 g/mol. The van der Waals surface area contributed by atoms with Crippen LogP contribution in [0.2, 0.25) is 0 Å². The largest absolute Gasteiger partial charge is 0.490 e. The van der Waals surface area contributed by atoms with Gasteiger partial charge in [-0.05, 0) is 12.0 Å². The number of carboxylic acids is 2. The number of hydrogen-bond donors (Lipinski definition) is 3. The molecule has 0 saturated heterocycles. The number of rotatable bonds is 3. The number of carboxylic acid groups (broad SMARTS) is 2. The lowest BCUT2D eigenvalue weighted by Crippen LogP contribution is -2.32. The lowest BCUT2D eigenvalue weighted by molar-refractivity contribution is -0.192. The van der Waals surface area contributed by atoms with Crippen molar-refractivity contribution in [1.82, 2.24) is 0 Å². The Balaban J connectivity index is 0.000000399. The fourth-order valence-corrected chi connectivity index (χ4v) is 0.955. The average Bonchev–Trinajstić information content (AvgIpc) is 2.29. The number of halogens is 3. The molecule has 19 heavy (non-hydrogen) atoms. The van der Waals surface area contributed by atoms with Crippen LogP contribution in [0.15, 0.2) is 30.3 Å². The van der Waals surface area contributed by atoms with E-state index in [0.29, 0.717) is 6.42 Å². The van der Waals surface area contributed by atoms with Gasteiger partial charge in [-0.25, -0.2) is 4.79 Å². The van der Waals surface area contributed by atoms with Crippen LogP contribution >= 0.6 is 0 Å². The van der Waals surface area contributed by atoms with Crippen molar-refractivity contribution in [2.24, 2.45) is 5.73 Å². The molecule has 0 aromatic heterocycles. The normalized spacial score (nSPS) is 12.0. The van der Waals surface area contributed by atoms with Crippen molar-refractivity contribution < 1.29 is 33.0 Å². The third kappa shape index (κ3) is 7.77. The van der Waals surface area contributed by atoms with Crippen molar-refractivity contribution in [3.63, 3.8) is 0 Å². The first kappa shape index (κ1) is 16.9. The van der Waals surface area contributed by atoms with Crippen molar-refractivity contribution in [2.45, 2.75) is 18.6 Å². The van der Waals surface area contributed by atoms with Crippen LogP contribution in [0.1, 0.15) is 5.56 Å². The monoisotopic (exact) mass is 279 g/mol. The van der Waals surface area contributed by atoms with Gasteiger partial charge >= 0.3 is 18.1 Å². The Kier molecular flexibility index (Phi) is 6.56. The zero-order chi connectivity index (χ0) is 15.1. The van der Waals surface area contributed by atoms with Crippen LogP contribution in [0.25, 0.3) is 0 Å². The molecule has 5 nitrogen and oxygen atoms in total. The lowest BCUT2D eigenvalue weighted by Gasteiger charge is -2.04. The number of nitrogens with two attached hydrogens (primary N) is 1. The molecule has 0 aliphatic carbocycles. The summed E-state index contributed by atoms with van der Waals surface area (Å²) in [5.74, 6) is -3.72. The number of aliphatic carboxylic acids is 2. The van der Waals surface area contributed by atoms with Gasteiger partial charge in [-0.2, -0.15) is 13.2 Å². The molecule has 1 rings (SSSR count). The maximum atomic E-state index is 10.6. The van der Waals surface area contributed by atoms with Gasteiger partial charge in [0.05, 0.1) is 0 Å². The summed E-state index contributed by atoms with van der Waals surface area (Å²) in [6, 6.07) is 8.54. The molecular formula is C11H12F3NO4. The van der Waals surface area contributed by atoms with E-state index < -0.39 is 24.2 Å². The van der Waals surface area contributed by atoms with E-state index in [1.165, 1.54) is 0 Å². The van der Waals surface area contributed by atoms with E-state index in [-0.39, 0.29) is 0 Å². The molecule has 0 bridgehead atoms. The highest BCUT2D eigenvalue weighted by atomic mass is 19.4. The molecule has 0 amide bonds. The average molecular weight is 279 g/mol. The molecule has 0 saturated carbocycles. The van der Waals surface area contributed by atoms with Crippen LogP contribution in [0, 0.1) is 0 Å². The highest BCUT2D eigenvalue weighted by molar-refractivity contribution is 5.73. The standard InChI is InChI=1S/C9H11NO2.C2HF3O2/c10-8(9(11)12)6-7-4-2-1-3-5-7;3-2(4,5)1(6)7/h1-5,8H,6,10H2,(H,11,12);(H,6,7)/t8-;/m0./s1. The zero-order valence-corrected chi connectivity index (χ0v) is 9.59. The van der Waals surface area contributed by atoms with Crippen molar-refractivity contribution in [3.8, 4) is 0 Å². The summed E-state index contributed by atoms with van der Waals surface area (Å²) in [7, 11) is 0. The highest BCUT2D eigenvalue weighted by Crippen LogP contribution is 2.13. The molecule has 1 atom stereocenters. The van der Waals surface area contributed by atoms with Crippen LogP contribution in [0.4, 0.5) is 13.2 Å². The summed E-state index contributed by atoms with van der Waals surface area (Å²) in [5, 5.41) is 15.6. The highest BCUT2D eigenvalue weighted by Gasteiger charge is 2.38. The summed E-state index contributed by atoms with van der Waals surface area (Å²) in [6.45, 7) is 0. The number of hydrogen-bond acceptors (Lipinski definition) is 3. The smallest absolute Gasteiger partial charge is 0.480 e. The predicted molar refractivity (Wildman–Crippen MR) is 59.4 cm³/mol. The van der Waals surface area contributed by atoms with Crippen molar-refractivity contribution in [3.05, 3.63) is 35.9 Å². The van der Waals surface area contributed by atoms with E-state index >= 15 is 0 Å². The molecule has 1 aromatic carbocycles. The summed E-state index contributed by atoms with van der Waals surface area (Å²) >= 11 is 0. The molecule has 106 valence electrons. The molecule has 0 fully saturated rings. The molecule has 0 heterocycles. The Bertz CT molecular complexity index is 420. The maximum Gasteiger partial charge on any atom is 0.490 e. The Morgan fingerprint density at radius 1 is 1.16 bits per heavy atom. The minimum Gasteiger partial charge on any atom is -0.480 e. The van der Waals surface area contributed by atoms with Gasteiger partial charge in [-0.1, -0.05) is 30.3 Å². The number of benzene rings is 1. The van der Waals surface area contributed by atoms with Gasteiger partial charge in [0.1, 0.15) is 6.04 Å². The Morgan fingerprint density at radius 3 is 1.89 bits per heavy atom. The first-order valence-corrected chi connectivity index (χ1v) is 4.97. The molecule has 1 aromatic rings.